The summed E-state index contributed by atoms with van der Waals surface area (Å²) in [4.78, 5) is 23.2. The first-order valence-corrected chi connectivity index (χ1v) is 9.94. The summed E-state index contributed by atoms with van der Waals surface area (Å²) in [6, 6.07) is 14.5. The van der Waals surface area contributed by atoms with Crippen LogP contribution in [0.15, 0.2) is 64.3 Å². The van der Waals surface area contributed by atoms with Gasteiger partial charge in [-0.2, -0.15) is 10.2 Å². The Morgan fingerprint density at radius 1 is 1.19 bits per heavy atom. The molecular formula is C21H20BrN5O4. The van der Waals surface area contributed by atoms with E-state index >= 15 is 0 Å². The van der Waals surface area contributed by atoms with Gasteiger partial charge in [-0.05, 0) is 47.5 Å². The van der Waals surface area contributed by atoms with Gasteiger partial charge in [-0.15, -0.1) is 0 Å². The molecule has 2 aromatic carbocycles. The van der Waals surface area contributed by atoms with E-state index in [2.05, 4.69) is 31.6 Å². The highest BCUT2D eigenvalue weighted by Crippen LogP contribution is 2.27. The topological polar surface area (TPSA) is 121 Å². The highest BCUT2D eigenvalue weighted by Gasteiger charge is 2.10. The molecule has 3 rings (SSSR count). The van der Waals surface area contributed by atoms with Crippen LogP contribution in [0, 0.1) is 0 Å². The van der Waals surface area contributed by atoms with Crippen molar-refractivity contribution in [1.82, 2.24) is 15.2 Å². The first-order chi connectivity index (χ1) is 14.9. The zero-order chi connectivity index (χ0) is 22.2. The van der Waals surface area contributed by atoms with Crippen LogP contribution in [0.1, 0.15) is 21.6 Å². The van der Waals surface area contributed by atoms with Crippen LogP contribution in [0.2, 0.25) is 0 Å². The molecule has 160 valence electrons. The van der Waals surface area contributed by atoms with Crippen molar-refractivity contribution in [2.45, 2.75) is 6.54 Å². The van der Waals surface area contributed by atoms with Gasteiger partial charge in [0.05, 0.1) is 19.9 Å². The number of amides is 2. The maximum Gasteiger partial charge on any atom is 0.291 e. The quantitative estimate of drug-likeness (QED) is 0.355. The third-order valence-corrected chi connectivity index (χ3v) is 4.60. The summed E-state index contributed by atoms with van der Waals surface area (Å²) < 4.78 is 13.2. The van der Waals surface area contributed by atoms with E-state index in [0.29, 0.717) is 23.6 Å². The molecule has 0 fully saturated rings. The highest BCUT2D eigenvalue weighted by molar-refractivity contribution is 9.10. The molecule has 0 bridgehead atoms. The number of rotatable bonds is 9. The molecule has 0 aliphatic rings. The Bertz CT molecular complexity index is 1100. The lowest BCUT2D eigenvalue weighted by Gasteiger charge is -2.09. The van der Waals surface area contributed by atoms with Crippen molar-refractivity contribution < 1.29 is 19.1 Å². The van der Waals surface area contributed by atoms with E-state index in [9.17, 15) is 9.59 Å². The maximum atomic E-state index is 12.3. The van der Waals surface area contributed by atoms with Crippen molar-refractivity contribution in [2.75, 3.05) is 13.7 Å². The lowest BCUT2D eigenvalue weighted by Crippen LogP contribution is -2.20. The summed E-state index contributed by atoms with van der Waals surface area (Å²) in [5.41, 5.74) is 9.47. The molecule has 3 N–H and O–H groups in total. The summed E-state index contributed by atoms with van der Waals surface area (Å²) in [5, 5.41) is 8.22. The summed E-state index contributed by atoms with van der Waals surface area (Å²) >= 11 is 3.40. The van der Waals surface area contributed by atoms with E-state index in [4.69, 9.17) is 15.2 Å². The van der Waals surface area contributed by atoms with Gasteiger partial charge in [0.25, 0.3) is 11.8 Å². The van der Waals surface area contributed by atoms with Crippen LogP contribution >= 0.6 is 15.9 Å². The first-order valence-electron chi connectivity index (χ1n) is 9.15. The number of hydrogen-bond donors (Lipinski definition) is 2. The number of ether oxygens (including phenoxy) is 2. The average Bonchev–Trinajstić information content (AvgIpc) is 3.22. The Morgan fingerprint density at radius 3 is 2.68 bits per heavy atom. The van der Waals surface area contributed by atoms with Crippen molar-refractivity contribution in [1.29, 1.82) is 0 Å². The van der Waals surface area contributed by atoms with Gasteiger partial charge >= 0.3 is 0 Å². The van der Waals surface area contributed by atoms with Crippen molar-refractivity contribution >= 4 is 34.0 Å². The summed E-state index contributed by atoms with van der Waals surface area (Å²) in [5.74, 6) is -0.264. The monoisotopic (exact) mass is 485 g/mol. The zero-order valence-electron chi connectivity index (χ0n) is 16.6. The number of benzene rings is 2. The lowest BCUT2D eigenvalue weighted by atomic mass is 10.2. The molecule has 1 aromatic heterocycles. The Kier molecular flexibility index (Phi) is 7.39. The van der Waals surface area contributed by atoms with Crippen LogP contribution in [0.5, 0.6) is 11.5 Å². The SMILES string of the molecule is COc1ccc(/C=N\NC(=O)c2ccn(Cc3ccc(Br)cc3)n2)cc1OCC(N)=O. The number of nitrogens with zero attached hydrogens (tertiary/aromatic N) is 3. The minimum absolute atomic E-state index is 0.245. The van der Waals surface area contributed by atoms with E-state index in [-0.39, 0.29) is 12.3 Å². The molecule has 10 heteroatoms. The molecule has 0 radical (unpaired) electrons. The Hall–Kier alpha value is -3.66. The third-order valence-electron chi connectivity index (χ3n) is 4.07. The van der Waals surface area contributed by atoms with Gasteiger partial charge in [-0.25, -0.2) is 5.43 Å². The normalized spacial score (nSPS) is 10.8. The molecule has 9 nitrogen and oxygen atoms in total. The van der Waals surface area contributed by atoms with Crippen molar-refractivity contribution in [3.05, 3.63) is 76.0 Å². The average molecular weight is 486 g/mol. The summed E-state index contributed by atoms with van der Waals surface area (Å²) in [7, 11) is 1.48. The second-order valence-electron chi connectivity index (χ2n) is 6.39. The number of carbonyl (C=O) groups excluding carboxylic acids is 2. The van der Waals surface area contributed by atoms with Gasteiger partial charge in [0, 0.05) is 10.7 Å². The zero-order valence-corrected chi connectivity index (χ0v) is 18.2. The molecule has 31 heavy (non-hydrogen) atoms. The number of aromatic nitrogens is 2. The summed E-state index contributed by atoms with van der Waals surface area (Å²) in [6.07, 6.45) is 3.17. The van der Waals surface area contributed by atoms with Crippen molar-refractivity contribution in [2.24, 2.45) is 10.8 Å². The molecule has 3 aromatic rings. The minimum atomic E-state index is -0.604. The number of halogens is 1. The fourth-order valence-electron chi connectivity index (χ4n) is 2.61. The van der Waals surface area contributed by atoms with Gasteiger partial charge in [0.15, 0.2) is 23.8 Å². The number of carbonyl (C=O) groups is 2. The van der Waals surface area contributed by atoms with E-state index in [1.54, 1.807) is 35.1 Å². The van der Waals surface area contributed by atoms with E-state index in [0.717, 1.165) is 10.0 Å². The molecule has 1 heterocycles. The fraction of sp³-hybridized carbons (Fsp3) is 0.143. The second-order valence-corrected chi connectivity index (χ2v) is 7.31. The van der Waals surface area contributed by atoms with Gasteiger partial charge in [0.1, 0.15) is 0 Å². The Balaban J connectivity index is 1.60. The fourth-order valence-corrected chi connectivity index (χ4v) is 2.87. The molecule has 0 aliphatic carbocycles. The molecule has 0 atom stereocenters. The summed E-state index contributed by atoms with van der Waals surface area (Å²) in [6.45, 7) is 0.264. The van der Waals surface area contributed by atoms with Gasteiger partial charge < -0.3 is 15.2 Å². The predicted octanol–water partition coefficient (Wildman–Crippen LogP) is 2.33. The molecule has 2 amide bonds. The van der Waals surface area contributed by atoms with E-state index in [1.165, 1.54) is 13.3 Å². The number of nitrogens with one attached hydrogen (secondary N) is 1. The van der Waals surface area contributed by atoms with Crippen molar-refractivity contribution in [3.8, 4) is 11.5 Å². The number of hydrogen-bond acceptors (Lipinski definition) is 6. The molecule has 0 saturated carbocycles. The first kappa shape index (κ1) is 22.0. The van der Waals surface area contributed by atoms with Gasteiger partial charge in [-0.3, -0.25) is 14.3 Å². The van der Waals surface area contributed by atoms with Crippen LogP contribution in [0.3, 0.4) is 0 Å². The van der Waals surface area contributed by atoms with Gasteiger partial charge in [-0.1, -0.05) is 28.1 Å². The Labute approximate surface area is 187 Å². The molecule has 0 aliphatic heterocycles. The minimum Gasteiger partial charge on any atom is -0.493 e. The van der Waals surface area contributed by atoms with Crippen molar-refractivity contribution in [3.63, 3.8) is 0 Å². The number of methoxy groups -OCH3 is 1. The Morgan fingerprint density at radius 2 is 1.97 bits per heavy atom. The van der Waals surface area contributed by atoms with Gasteiger partial charge in [0.2, 0.25) is 0 Å². The van der Waals surface area contributed by atoms with Crippen LogP contribution in [-0.4, -0.2) is 41.5 Å². The number of hydrazone groups is 1. The largest absolute Gasteiger partial charge is 0.493 e. The van der Waals surface area contributed by atoms with E-state index < -0.39 is 11.8 Å². The predicted molar refractivity (Wildman–Crippen MR) is 118 cm³/mol. The molecule has 0 unspecified atom stereocenters. The van der Waals surface area contributed by atoms with E-state index in [1.807, 2.05) is 24.3 Å². The third kappa shape index (κ3) is 6.41. The van der Waals surface area contributed by atoms with Crippen LogP contribution in [-0.2, 0) is 11.3 Å². The number of nitrogens with two attached hydrogens (primary N) is 1. The van der Waals surface area contributed by atoms with Crippen LogP contribution < -0.4 is 20.6 Å². The molecule has 0 saturated heterocycles. The molecule has 0 spiro atoms. The molecular weight excluding hydrogens is 466 g/mol. The van der Waals surface area contributed by atoms with Crippen LogP contribution in [0.25, 0.3) is 0 Å². The lowest BCUT2D eigenvalue weighted by molar-refractivity contribution is -0.119. The second kappa shape index (κ2) is 10.4. The maximum absolute atomic E-state index is 12.3. The number of primary amides is 1. The standard InChI is InChI=1S/C21H20BrN5O4/c1-30-18-7-4-15(10-19(18)31-13-20(23)28)11-24-25-21(29)17-8-9-27(26-17)12-14-2-5-16(22)6-3-14/h2-11H,12-13H2,1H3,(H2,23,28)(H,25,29)/b24-11-. The highest BCUT2D eigenvalue weighted by atomic mass is 79.9. The smallest absolute Gasteiger partial charge is 0.291 e. The van der Waals surface area contributed by atoms with Crippen LogP contribution in [0.4, 0.5) is 0 Å².